The third kappa shape index (κ3) is 3.44. The quantitative estimate of drug-likeness (QED) is 0.816. The highest BCUT2D eigenvalue weighted by Gasteiger charge is 2.26. The SMILES string of the molecule is C[C@H](OC(=O)c1cccc(-n2cccc2)c1)C(=O)N1CCCC1. The lowest BCUT2D eigenvalue weighted by atomic mass is 10.2. The highest BCUT2D eigenvalue weighted by molar-refractivity contribution is 5.92. The van der Waals surface area contributed by atoms with Gasteiger partial charge in [-0.25, -0.2) is 4.79 Å². The molecule has 1 saturated heterocycles. The van der Waals surface area contributed by atoms with Crippen LogP contribution in [0.5, 0.6) is 0 Å². The van der Waals surface area contributed by atoms with E-state index in [1.165, 1.54) is 0 Å². The molecule has 2 aromatic rings. The molecule has 1 amide bonds. The van der Waals surface area contributed by atoms with Crippen molar-refractivity contribution in [1.82, 2.24) is 9.47 Å². The first kappa shape index (κ1) is 15.3. The maximum Gasteiger partial charge on any atom is 0.338 e. The van der Waals surface area contributed by atoms with Gasteiger partial charge in [-0.2, -0.15) is 0 Å². The summed E-state index contributed by atoms with van der Waals surface area (Å²) in [6.45, 7) is 3.14. The summed E-state index contributed by atoms with van der Waals surface area (Å²) in [6.07, 6.45) is 5.10. The Labute approximate surface area is 135 Å². The highest BCUT2D eigenvalue weighted by atomic mass is 16.5. The topological polar surface area (TPSA) is 51.5 Å². The van der Waals surface area contributed by atoms with Crippen molar-refractivity contribution in [2.24, 2.45) is 0 Å². The Balaban J connectivity index is 1.68. The van der Waals surface area contributed by atoms with Gasteiger partial charge in [-0.15, -0.1) is 0 Å². The van der Waals surface area contributed by atoms with Gasteiger partial charge < -0.3 is 14.2 Å². The van der Waals surface area contributed by atoms with Crippen LogP contribution < -0.4 is 0 Å². The van der Waals surface area contributed by atoms with Gasteiger partial charge in [-0.1, -0.05) is 6.07 Å². The number of nitrogens with zero attached hydrogens (tertiary/aromatic N) is 2. The summed E-state index contributed by atoms with van der Waals surface area (Å²) in [5.41, 5.74) is 1.32. The summed E-state index contributed by atoms with van der Waals surface area (Å²) in [5.74, 6) is -0.587. The Morgan fingerprint density at radius 1 is 1.09 bits per heavy atom. The average Bonchev–Trinajstić information content (AvgIpc) is 3.27. The number of likely N-dealkylation sites (tertiary alicyclic amines) is 1. The fourth-order valence-corrected chi connectivity index (χ4v) is 2.77. The van der Waals surface area contributed by atoms with E-state index in [-0.39, 0.29) is 5.91 Å². The third-order valence-corrected chi connectivity index (χ3v) is 4.03. The lowest BCUT2D eigenvalue weighted by Gasteiger charge is -2.20. The predicted octanol–water partition coefficient (Wildman–Crippen LogP) is 2.65. The van der Waals surface area contributed by atoms with Crippen molar-refractivity contribution in [1.29, 1.82) is 0 Å². The largest absolute Gasteiger partial charge is 0.449 e. The van der Waals surface area contributed by atoms with E-state index in [0.29, 0.717) is 5.56 Å². The highest BCUT2D eigenvalue weighted by Crippen LogP contribution is 2.14. The van der Waals surface area contributed by atoms with E-state index in [1.54, 1.807) is 30.0 Å². The lowest BCUT2D eigenvalue weighted by Crippen LogP contribution is -2.38. The predicted molar refractivity (Wildman–Crippen MR) is 86.5 cm³/mol. The summed E-state index contributed by atoms with van der Waals surface area (Å²) in [7, 11) is 0. The number of ether oxygens (including phenoxy) is 1. The number of carbonyl (C=O) groups excluding carboxylic acids is 2. The van der Waals surface area contributed by atoms with Crippen molar-refractivity contribution in [3.05, 3.63) is 54.4 Å². The van der Waals surface area contributed by atoms with E-state index < -0.39 is 12.1 Å². The van der Waals surface area contributed by atoms with Crippen LogP contribution in [0.1, 0.15) is 30.1 Å². The van der Waals surface area contributed by atoms with Gasteiger partial charge in [0.25, 0.3) is 5.91 Å². The maximum absolute atomic E-state index is 12.3. The van der Waals surface area contributed by atoms with Crippen LogP contribution in [0, 0.1) is 0 Å². The monoisotopic (exact) mass is 312 g/mol. The Kier molecular flexibility index (Phi) is 4.46. The molecule has 0 unspecified atom stereocenters. The van der Waals surface area contributed by atoms with Crippen LogP contribution >= 0.6 is 0 Å². The van der Waals surface area contributed by atoms with Crippen LogP contribution in [0.3, 0.4) is 0 Å². The molecule has 1 aromatic heterocycles. The molecule has 5 nitrogen and oxygen atoms in total. The minimum atomic E-state index is -0.754. The van der Waals surface area contributed by atoms with Crippen LogP contribution in [-0.4, -0.2) is 40.5 Å². The van der Waals surface area contributed by atoms with Gasteiger partial charge in [0.2, 0.25) is 0 Å². The minimum absolute atomic E-state index is 0.114. The minimum Gasteiger partial charge on any atom is -0.449 e. The third-order valence-electron chi connectivity index (χ3n) is 4.03. The Bertz CT molecular complexity index is 688. The number of benzene rings is 1. The molecule has 2 heterocycles. The fraction of sp³-hybridized carbons (Fsp3) is 0.333. The summed E-state index contributed by atoms with van der Waals surface area (Å²) in [4.78, 5) is 26.3. The zero-order valence-corrected chi connectivity index (χ0v) is 13.1. The molecule has 1 fully saturated rings. The van der Waals surface area contributed by atoms with Crippen LogP contribution in [-0.2, 0) is 9.53 Å². The smallest absolute Gasteiger partial charge is 0.338 e. The molecule has 0 saturated carbocycles. The van der Waals surface area contributed by atoms with E-state index in [1.807, 2.05) is 35.2 Å². The number of hydrogen-bond acceptors (Lipinski definition) is 3. The second-order valence-corrected chi connectivity index (χ2v) is 5.72. The molecule has 120 valence electrons. The van der Waals surface area contributed by atoms with E-state index in [0.717, 1.165) is 31.6 Å². The second kappa shape index (κ2) is 6.69. The first-order chi connectivity index (χ1) is 11.1. The summed E-state index contributed by atoms with van der Waals surface area (Å²) < 4.78 is 7.26. The zero-order chi connectivity index (χ0) is 16.2. The van der Waals surface area contributed by atoms with E-state index >= 15 is 0 Å². The van der Waals surface area contributed by atoms with Crippen molar-refractivity contribution in [2.75, 3.05) is 13.1 Å². The lowest BCUT2D eigenvalue weighted by molar-refractivity contribution is -0.138. The molecule has 1 aliphatic rings. The first-order valence-corrected chi connectivity index (χ1v) is 7.88. The van der Waals surface area contributed by atoms with Gasteiger partial charge >= 0.3 is 5.97 Å². The zero-order valence-electron chi connectivity index (χ0n) is 13.1. The molecule has 0 aliphatic carbocycles. The summed E-state index contributed by atoms with van der Waals surface area (Å²) in [6, 6.07) is 11.0. The molecule has 23 heavy (non-hydrogen) atoms. The normalized spacial score (nSPS) is 15.4. The van der Waals surface area contributed by atoms with Crippen LogP contribution in [0.4, 0.5) is 0 Å². The molecule has 0 spiro atoms. The number of rotatable bonds is 4. The van der Waals surface area contributed by atoms with Gasteiger partial charge in [0.05, 0.1) is 5.56 Å². The molecule has 0 radical (unpaired) electrons. The second-order valence-electron chi connectivity index (χ2n) is 5.72. The molecule has 0 bridgehead atoms. The maximum atomic E-state index is 12.3. The van der Waals surface area contributed by atoms with Gasteiger partial charge in [0.15, 0.2) is 6.10 Å². The number of carbonyl (C=O) groups is 2. The van der Waals surface area contributed by atoms with Crippen molar-refractivity contribution in [2.45, 2.75) is 25.9 Å². The first-order valence-electron chi connectivity index (χ1n) is 7.88. The Morgan fingerprint density at radius 2 is 1.78 bits per heavy atom. The molecular weight excluding hydrogens is 292 g/mol. The van der Waals surface area contributed by atoms with Crippen molar-refractivity contribution in [3.63, 3.8) is 0 Å². The van der Waals surface area contributed by atoms with E-state index in [2.05, 4.69) is 0 Å². The van der Waals surface area contributed by atoms with Crippen LogP contribution in [0.2, 0.25) is 0 Å². The standard InChI is InChI=1S/C18H20N2O3/c1-14(17(21)20-11-4-5-12-20)23-18(22)15-7-6-8-16(13-15)19-9-2-3-10-19/h2-3,6-10,13-14H,4-5,11-12H2,1H3/t14-/m0/s1. The number of amides is 1. The van der Waals surface area contributed by atoms with E-state index in [4.69, 9.17) is 4.74 Å². The fourth-order valence-electron chi connectivity index (χ4n) is 2.77. The molecule has 1 atom stereocenters. The number of hydrogen-bond donors (Lipinski definition) is 0. The number of aromatic nitrogens is 1. The van der Waals surface area contributed by atoms with Crippen molar-refractivity contribution < 1.29 is 14.3 Å². The molecule has 3 rings (SSSR count). The van der Waals surface area contributed by atoms with Crippen LogP contribution in [0.25, 0.3) is 5.69 Å². The van der Waals surface area contributed by atoms with Crippen molar-refractivity contribution >= 4 is 11.9 Å². The van der Waals surface area contributed by atoms with Gasteiger partial charge in [0, 0.05) is 31.2 Å². The molecular formula is C18H20N2O3. The molecule has 1 aliphatic heterocycles. The Morgan fingerprint density at radius 3 is 2.48 bits per heavy atom. The number of esters is 1. The van der Waals surface area contributed by atoms with Gasteiger partial charge in [-0.05, 0) is 50.1 Å². The van der Waals surface area contributed by atoms with Gasteiger partial charge in [0.1, 0.15) is 0 Å². The molecule has 1 aromatic carbocycles. The van der Waals surface area contributed by atoms with Crippen LogP contribution in [0.15, 0.2) is 48.8 Å². The molecule has 0 N–H and O–H groups in total. The summed E-state index contributed by atoms with van der Waals surface area (Å²) >= 11 is 0. The summed E-state index contributed by atoms with van der Waals surface area (Å²) in [5, 5.41) is 0. The average molecular weight is 312 g/mol. The van der Waals surface area contributed by atoms with Crippen molar-refractivity contribution in [3.8, 4) is 5.69 Å². The van der Waals surface area contributed by atoms with E-state index in [9.17, 15) is 9.59 Å². The Hall–Kier alpha value is -2.56. The molecule has 5 heteroatoms. The van der Waals surface area contributed by atoms with Gasteiger partial charge in [-0.3, -0.25) is 4.79 Å².